The highest BCUT2D eigenvalue weighted by Crippen LogP contribution is 2.38. The largest absolute Gasteiger partial charge is 0.335 e. The Labute approximate surface area is 118 Å². The van der Waals surface area contributed by atoms with E-state index in [1.165, 1.54) is 12.8 Å². The zero-order valence-electron chi connectivity index (χ0n) is 11.6. The average molecular weight is 275 g/mol. The van der Waals surface area contributed by atoms with Gasteiger partial charge in [0, 0.05) is 31.5 Å². The van der Waals surface area contributed by atoms with Crippen LogP contribution in [0.1, 0.15) is 49.2 Å². The minimum Gasteiger partial charge on any atom is -0.335 e. The monoisotopic (exact) mass is 275 g/mol. The average Bonchev–Trinajstić information content (AvgIpc) is 3.22. The number of nitrogens with zero attached hydrogens (tertiary/aromatic N) is 3. The number of carbonyl (C=O) groups is 1. The van der Waals surface area contributed by atoms with E-state index < -0.39 is 0 Å². The third-order valence-corrected chi connectivity index (χ3v) is 3.96. The van der Waals surface area contributed by atoms with Crippen LogP contribution in [0, 0.1) is 0 Å². The lowest BCUT2D eigenvalue weighted by Crippen LogP contribution is -2.45. The number of piperidine rings is 1. The second-order valence-electron chi connectivity index (χ2n) is 5.61. The molecular formula is C14H21N5O. The number of carbonyl (C=O) groups excluding carboxylic acids is 1. The van der Waals surface area contributed by atoms with E-state index in [9.17, 15) is 4.79 Å². The molecule has 3 rings (SSSR count). The summed E-state index contributed by atoms with van der Waals surface area (Å²) in [6.07, 6.45) is 6.17. The Balaban J connectivity index is 1.61. The first-order valence-electron chi connectivity index (χ1n) is 7.34. The molecular weight excluding hydrogens is 254 g/mol. The maximum Gasteiger partial charge on any atom is 0.317 e. The van der Waals surface area contributed by atoms with Gasteiger partial charge in [-0.05, 0) is 25.7 Å². The fourth-order valence-electron chi connectivity index (χ4n) is 2.65. The highest BCUT2D eigenvalue weighted by molar-refractivity contribution is 5.74. The maximum absolute atomic E-state index is 12.0. The summed E-state index contributed by atoms with van der Waals surface area (Å²) in [4.78, 5) is 18.4. The Bertz CT molecular complexity index is 494. The van der Waals surface area contributed by atoms with E-state index in [2.05, 4.69) is 27.1 Å². The first-order valence-corrected chi connectivity index (χ1v) is 7.34. The summed E-state index contributed by atoms with van der Waals surface area (Å²) in [7, 11) is 0. The van der Waals surface area contributed by atoms with Gasteiger partial charge in [-0.1, -0.05) is 6.08 Å². The predicted molar refractivity (Wildman–Crippen MR) is 75.5 cm³/mol. The minimum absolute atomic E-state index is 0.0208. The van der Waals surface area contributed by atoms with Gasteiger partial charge in [-0.2, -0.15) is 5.10 Å². The van der Waals surface area contributed by atoms with Gasteiger partial charge in [0.1, 0.15) is 5.82 Å². The Morgan fingerprint density at radius 3 is 3.05 bits per heavy atom. The highest BCUT2D eigenvalue weighted by Gasteiger charge is 2.30. The zero-order chi connectivity index (χ0) is 13.9. The van der Waals surface area contributed by atoms with Gasteiger partial charge in [0.2, 0.25) is 0 Å². The number of hydrogen-bond acceptors (Lipinski definition) is 3. The lowest BCUT2D eigenvalue weighted by atomic mass is 9.97. The molecule has 6 heteroatoms. The number of amides is 2. The molecule has 2 fully saturated rings. The van der Waals surface area contributed by atoms with Crippen LogP contribution < -0.4 is 5.32 Å². The van der Waals surface area contributed by atoms with Gasteiger partial charge in [-0.15, -0.1) is 6.58 Å². The van der Waals surface area contributed by atoms with Gasteiger partial charge < -0.3 is 10.2 Å². The molecule has 1 aliphatic carbocycles. The molecule has 2 N–H and O–H groups in total. The number of aromatic nitrogens is 3. The van der Waals surface area contributed by atoms with Crippen LogP contribution in [0.3, 0.4) is 0 Å². The topological polar surface area (TPSA) is 73.9 Å². The summed E-state index contributed by atoms with van der Waals surface area (Å²) < 4.78 is 0. The molecule has 6 nitrogen and oxygen atoms in total. The molecule has 2 amide bonds. The Hall–Kier alpha value is -1.85. The summed E-state index contributed by atoms with van der Waals surface area (Å²) in [5, 5.41) is 10.2. The second kappa shape index (κ2) is 5.64. The van der Waals surface area contributed by atoms with Crippen molar-refractivity contribution < 1.29 is 4.79 Å². The number of aromatic amines is 1. The van der Waals surface area contributed by atoms with E-state index in [0.29, 0.717) is 19.0 Å². The van der Waals surface area contributed by atoms with E-state index in [-0.39, 0.29) is 11.9 Å². The van der Waals surface area contributed by atoms with Crippen molar-refractivity contribution in [2.75, 3.05) is 19.6 Å². The number of rotatable bonds is 4. The van der Waals surface area contributed by atoms with E-state index in [0.717, 1.165) is 31.0 Å². The summed E-state index contributed by atoms with van der Waals surface area (Å²) in [5.41, 5.74) is 0. The minimum atomic E-state index is -0.0208. The third kappa shape index (κ3) is 2.84. The van der Waals surface area contributed by atoms with Gasteiger partial charge in [-0.3, -0.25) is 5.10 Å². The first-order chi connectivity index (χ1) is 9.78. The SMILES string of the molecule is C=CCNC(=O)N1CCC[C@@H](c2n[nH]c(C3CC3)n2)C1. The number of likely N-dealkylation sites (tertiary alicyclic amines) is 1. The Morgan fingerprint density at radius 2 is 2.30 bits per heavy atom. The number of nitrogens with one attached hydrogen (secondary N) is 2. The fraction of sp³-hybridized carbons (Fsp3) is 0.643. The van der Waals surface area contributed by atoms with Crippen LogP contribution in [0.2, 0.25) is 0 Å². The Kier molecular flexibility index (Phi) is 3.71. The molecule has 1 saturated carbocycles. The maximum atomic E-state index is 12.0. The lowest BCUT2D eigenvalue weighted by Gasteiger charge is -2.31. The molecule has 108 valence electrons. The van der Waals surface area contributed by atoms with Crippen LogP contribution >= 0.6 is 0 Å². The predicted octanol–water partition coefficient (Wildman–Crippen LogP) is 1.76. The van der Waals surface area contributed by atoms with E-state index >= 15 is 0 Å². The second-order valence-corrected chi connectivity index (χ2v) is 5.61. The van der Waals surface area contributed by atoms with Crippen molar-refractivity contribution in [3.05, 3.63) is 24.3 Å². The molecule has 1 aliphatic heterocycles. The van der Waals surface area contributed by atoms with Crippen molar-refractivity contribution in [1.82, 2.24) is 25.4 Å². The number of hydrogen-bond donors (Lipinski definition) is 2. The number of H-pyrrole nitrogens is 1. The van der Waals surface area contributed by atoms with Crippen LogP contribution in [-0.2, 0) is 0 Å². The van der Waals surface area contributed by atoms with Crippen molar-refractivity contribution in [3.8, 4) is 0 Å². The molecule has 1 saturated heterocycles. The van der Waals surface area contributed by atoms with Crippen LogP contribution in [0.4, 0.5) is 4.79 Å². The van der Waals surface area contributed by atoms with Gasteiger partial charge in [0.15, 0.2) is 5.82 Å². The van der Waals surface area contributed by atoms with E-state index in [4.69, 9.17) is 0 Å². The quantitative estimate of drug-likeness (QED) is 0.822. The van der Waals surface area contributed by atoms with Crippen LogP contribution in [-0.4, -0.2) is 45.7 Å². The molecule has 1 atom stereocenters. The van der Waals surface area contributed by atoms with Gasteiger partial charge in [0.25, 0.3) is 0 Å². The van der Waals surface area contributed by atoms with Crippen LogP contribution in [0.5, 0.6) is 0 Å². The normalized spacial score (nSPS) is 22.6. The molecule has 2 heterocycles. The van der Waals surface area contributed by atoms with Crippen LogP contribution in [0.15, 0.2) is 12.7 Å². The van der Waals surface area contributed by atoms with Crippen molar-refractivity contribution >= 4 is 6.03 Å². The molecule has 0 aromatic carbocycles. The summed E-state index contributed by atoms with van der Waals surface area (Å²) in [5.74, 6) is 2.73. The molecule has 2 aliphatic rings. The molecule has 1 aromatic rings. The van der Waals surface area contributed by atoms with Crippen molar-refractivity contribution in [1.29, 1.82) is 0 Å². The van der Waals surface area contributed by atoms with Gasteiger partial charge >= 0.3 is 6.03 Å². The highest BCUT2D eigenvalue weighted by atomic mass is 16.2. The van der Waals surface area contributed by atoms with Crippen molar-refractivity contribution in [2.45, 2.75) is 37.5 Å². The summed E-state index contributed by atoms with van der Waals surface area (Å²) >= 11 is 0. The van der Waals surface area contributed by atoms with Crippen molar-refractivity contribution in [3.63, 3.8) is 0 Å². The number of urea groups is 1. The van der Waals surface area contributed by atoms with Crippen molar-refractivity contribution in [2.24, 2.45) is 0 Å². The first kappa shape index (κ1) is 13.1. The molecule has 1 aromatic heterocycles. The molecule has 0 spiro atoms. The Morgan fingerprint density at radius 1 is 1.45 bits per heavy atom. The van der Waals surface area contributed by atoms with Gasteiger partial charge in [-0.25, -0.2) is 9.78 Å². The van der Waals surface area contributed by atoms with E-state index in [1.807, 2.05) is 4.90 Å². The fourth-order valence-corrected chi connectivity index (χ4v) is 2.65. The summed E-state index contributed by atoms with van der Waals surface area (Å²) in [6.45, 7) is 5.62. The van der Waals surface area contributed by atoms with Gasteiger partial charge in [0.05, 0.1) is 0 Å². The molecule has 0 unspecified atom stereocenters. The zero-order valence-corrected chi connectivity index (χ0v) is 11.6. The third-order valence-electron chi connectivity index (χ3n) is 3.96. The molecule has 0 bridgehead atoms. The molecule has 20 heavy (non-hydrogen) atoms. The van der Waals surface area contributed by atoms with E-state index in [1.54, 1.807) is 6.08 Å². The standard InChI is InChI=1S/C14H21N5O/c1-2-7-15-14(20)19-8-3-4-11(9-19)13-16-12(17-18-13)10-5-6-10/h2,10-11H,1,3-9H2,(H,15,20)(H,16,17,18)/t11-/m1/s1. The summed E-state index contributed by atoms with van der Waals surface area (Å²) in [6, 6.07) is -0.0208. The smallest absolute Gasteiger partial charge is 0.317 e. The lowest BCUT2D eigenvalue weighted by molar-refractivity contribution is 0.179. The molecule has 0 radical (unpaired) electrons. The van der Waals surface area contributed by atoms with Crippen LogP contribution in [0.25, 0.3) is 0 Å².